The van der Waals surface area contributed by atoms with Crippen LogP contribution in [0, 0.1) is 0 Å². The Hall–Kier alpha value is -0.330. The molecule has 0 heterocycles. The Kier molecular flexibility index (Phi) is 8.52. The van der Waals surface area contributed by atoms with E-state index in [1.54, 1.807) is 0 Å². The Morgan fingerprint density at radius 3 is 2.50 bits per heavy atom. The molecule has 0 aliphatic heterocycles. The summed E-state index contributed by atoms with van der Waals surface area (Å²) in [5.41, 5.74) is 1.50. The van der Waals surface area contributed by atoms with Crippen molar-refractivity contribution in [2.24, 2.45) is 0 Å². The maximum atomic E-state index is 11.8. The molecule has 0 aromatic carbocycles. The highest BCUT2D eigenvalue weighted by Gasteiger charge is 1.92. The van der Waals surface area contributed by atoms with Gasteiger partial charge in [0.15, 0.2) is 0 Å². The van der Waals surface area contributed by atoms with Gasteiger partial charge in [-0.1, -0.05) is 31.9 Å². The average molecular weight is 172 g/mol. The standard InChI is InChI=1S/C11H21F/c1-3-5-8-11(4-2)9-6-7-10-12/h9H,3-8,10H2,1-2H3/b11-9-. The highest BCUT2D eigenvalue weighted by Crippen LogP contribution is 2.12. The van der Waals surface area contributed by atoms with E-state index in [1.165, 1.54) is 24.8 Å². The van der Waals surface area contributed by atoms with Crippen molar-refractivity contribution in [3.05, 3.63) is 11.6 Å². The van der Waals surface area contributed by atoms with E-state index in [0.29, 0.717) is 6.42 Å². The van der Waals surface area contributed by atoms with E-state index in [-0.39, 0.29) is 6.67 Å². The monoisotopic (exact) mass is 172 g/mol. The summed E-state index contributed by atoms with van der Waals surface area (Å²) in [7, 11) is 0. The van der Waals surface area contributed by atoms with E-state index in [1.807, 2.05) is 0 Å². The molecular formula is C11H21F. The van der Waals surface area contributed by atoms with Crippen LogP contribution >= 0.6 is 0 Å². The van der Waals surface area contributed by atoms with E-state index in [2.05, 4.69) is 19.9 Å². The quantitative estimate of drug-likeness (QED) is 0.397. The van der Waals surface area contributed by atoms with Gasteiger partial charge in [0, 0.05) is 0 Å². The molecule has 12 heavy (non-hydrogen) atoms. The number of halogens is 1. The van der Waals surface area contributed by atoms with Crippen LogP contribution in [-0.4, -0.2) is 6.67 Å². The Bertz CT molecular complexity index is 116. The van der Waals surface area contributed by atoms with Crippen LogP contribution in [0.5, 0.6) is 0 Å². The molecule has 0 aromatic rings. The zero-order valence-corrected chi connectivity index (χ0v) is 8.41. The number of allylic oxidation sites excluding steroid dienone is 2. The third kappa shape index (κ3) is 6.38. The molecule has 0 aromatic heterocycles. The largest absolute Gasteiger partial charge is 0.251 e. The minimum absolute atomic E-state index is 0.179. The van der Waals surface area contributed by atoms with Gasteiger partial charge in [0.05, 0.1) is 6.67 Å². The molecule has 0 radical (unpaired) electrons. The second kappa shape index (κ2) is 8.76. The van der Waals surface area contributed by atoms with Gasteiger partial charge < -0.3 is 0 Å². The zero-order valence-electron chi connectivity index (χ0n) is 8.41. The first-order chi connectivity index (χ1) is 5.85. The fourth-order valence-corrected chi connectivity index (χ4v) is 1.21. The SMILES string of the molecule is CCCC/C(=C\CCCF)CC. The number of hydrogen-bond donors (Lipinski definition) is 0. The van der Waals surface area contributed by atoms with Gasteiger partial charge in [-0.2, -0.15) is 0 Å². The fourth-order valence-electron chi connectivity index (χ4n) is 1.21. The van der Waals surface area contributed by atoms with Crippen molar-refractivity contribution in [3.63, 3.8) is 0 Å². The number of rotatable bonds is 7. The topological polar surface area (TPSA) is 0 Å². The molecule has 0 N–H and O–H groups in total. The number of unbranched alkanes of at least 4 members (excludes halogenated alkanes) is 2. The third-order valence-corrected chi connectivity index (χ3v) is 2.08. The molecule has 0 atom stereocenters. The lowest BCUT2D eigenvalue weighted by Crippen LogP contribution is -1.83. The molecule has 0 bridgehead atoms. The number of alkyl halides is 1. The van der Waals surface area contributed by atoms with Gasteiger partial charge in [-0.3, -0.25) is 4.39 Å². The van der Waals surface area contributed by atoms with Crippen LogP contribution in [0.1, 0.15) is 52.4 Å². The molecule has 0 fully saturated rings. The first-order valence-electron chi connectivity index (χ1n) is 5.09. The molecule has 72 valence electrons. The predicted molar refractivity (Wildman–Crippen MR) is 53.1 cm³/mol. The van der Waals surface area contributed by atoms with Crippen molar-refractivity contribution in [1.29, 1.82) is 0 Å². The van der Waals surface area contributed by atoms with Gasteiger partial charge in [0.2, 0.25) is 0 Å². The number of hydrogen-bond acceptors (Lipinski definition) is 0. The Morgan fingerprint density at radius 1 is 1.25 bits per heavy atom. The maximum Gasteiger partial charge on any atom is 0.0897 e. The van der Waals surface area contributed by atoms with Crippen LogP contribution in [0.4, 0.5) is 4.39 Å². The summed E-state index contributed by atoms with van der Waals surface area (Å²) in [5.74, 6) is 0. The molecule has 0 aliphatic rings. The van der Waals surface area contributed by atoms with E-state index in [0.717, 1.165) is 12.8 Å². The van der Waals surface area contributed by atoms with Crippen LogP contribution in [-0.2, 0) is 0 Å². The molecule has 0 saturated heterocycles. The molecule has 0 nitrogen and oxygen atoms in total. The van der Waals surface area contributed by atoms with Crippen molar-refractivity contribution in [2.75, 3.05) is 6.67 Å². The zero-order chi connectivity index (χ0) is 9.23. The van der Waals surface area contributed by atoms with E-state index in [9.17, 15) is 4.39 Å². The van der Waals surface area contributed by atoms with Gasteiger partial charge in [-0.05, 0) is 32.1 Å². The van der Waals surface area contributed by atoms with Gasteiger partial charge in [-0.15, -0.1) is 0 Å². The molecule has 0 amide bonds. The van der Waals surface area contributed by atoms with Crippen LogP contribution in [0.15, 0.2) is 11.6 Å². The van der Waals surface area contributed by atoms with Gasteiger partial charge in [0.25, 0.3) is 0 Å². The lowest BCUT2D eigenvalue weighted by atomic mass is 10.0. The van der Waals surface area contributed by atoms with Gasteiger partial charge in [0.1, 0.15) is 0 Å². The third-order valence-electron chi connectivity index (χ3n) is 2.08. The Balaban J connectivity index is 3.55. The molecule has 1 heteroatoms. The van der Waals surface area contributed by atoms with Crippen molar-refractivity contribution >= 4 is 0 Å². The van der Waals surface area contributed by atoms with Crippen molar-refractivity contribution in [1.82, 2.24) is 0 Å². The average Bonchev–Trinajstić information content (AvgIpc) is 2.11. The molecule has 0 spiro atoms. The molecule has 0 saturated carbocycles. The fraction of sp³-hybridized carbons (Fsp3) is 0.818. The molecule has 0 aliphatic carbocycles. The lowest BCUT2D eigenvalue weighted by molar-refractivity contribution is 0.475. The first-order valence-corrected chi connectivity index (χ1v) is 5.09. The maximum absolute atomic E-state index is 11.8. The second-order valence-electron chi connectivity index (χ2n) is 3.15. The summed E-state index contributed by atoms with van der Waals surface area (Å²) in [4.78, 5) is 0. The summed E-state index contributed by atoms with van der Waals surface area (Å²) in [6, 6.07) is 0. The van der Waals surface area contributed by atoms with Crippen LogP contribution < -0.4 is 0 Å². The van der Waals surface area contributed by atoms with E-state index < -0.39 is 0 Å². The molecular weight excluding hydrogens is 151 g/mol. The lowest BCUT2D eigenvalue weighted by Gasteiger charge is -2.02. The summed E-state index contributed by atoms with van der Waals surface area (Å²) in [6.45, 7) is 4.20. The van der Waals surface area contributed by atoms with Crippen molar-refractivity contribution in [2.45, 2.75) is 52.4 Å². The highest BCUT2D eigenvalue weighted by atomic mass is 19.1. The van der Waals surface area contributed by atoms with Crippen LogP contribution in [0.2, 0.25) is 0 Å². The van der Waals surface area contributed by atoms with Crippen molar-refractivity contribution in [3.8, 4) is 0 Å². The van der Waals surface area contributed by atoms with Crippen LogP contribution in [0.25, 0.3) is 0 Å². The second-order valence-corrected chi connectivity index (χ2v) is 3.15. The van der Waals surface area contributed by atoms with E-state index >= 15 is 0 Å². The highest BCUT2D eigenvalue weighted by molar-refractivity contribution is 5.00. The first kappa shape index (κ1) is 11.7. The normalized spacial score (nSPS) is 12.1. The minimum Gasteiger partial charge on any atom is -0.251 e. The molecule has 0 rings (SSSR count). The summed E-state index contributed by atoms with van der Waals surface area (Å²) < 4.78 is 11.8. The van der Waals surface area contributed by atoms with Crippen LogP contribution in [0.3, 0.4) is 0 Å². The molecule has 0 unspecified atom stereocenters. The minimum atomic E-state index is -0.179. The smallest absolute Gasteiger partial charge is 0.0897 e. The van der Waals surface area contributed by atoms with Gasteiger partial charge in [-0.25, -0.2) is 0 Å². The summed E-state index contributed by atoms with van der Waals surface area (Å²) >= 11 is 0. The summed E-state index contributed by atoms with van der Waals surface area (Å²) in [5, 5.41) is 0. The van der Waals surface area contributed by atoms with Crippen molar-refractivity contribution < 1.29 is 4.39 Å². The van der Waals surface area contributed by atoms with Gasteiger partial charge >= 0.3 is 0 Å². The predicted octanol–water partition coefficient (Wildman–Crippen LogP) is 4.26. The van der Waals surface area contributed by atoms with E-state index in [4.69, 9.17) is 0 Å². The Labute approximate surface area is 75.9 Å². The Morgan fingerprint density at radius 2 is 2.00 bits per heavy atom. The summed E-state index contributed by atoms with van der Waals surface area (Å²) in [6.07, 6.45) is 8.69.